The van der Waals surface area contributed by atoms with Gasteiger partial charge in [-0.1, -0.05) is 44.4 Å². The number of nitrogens with zero attached hydrogens (tertiary/aromatic N) is 4. The third-order valence-electron chi connectivity index (χ3n) is 3.11. The Balaban J connectivity index is 1.94. The first-order chi connectivity index (χ1) is 7.92. The second-order valence-electron chi connectivity index (χ2n) is 4.40. The van der Waals surface area contributed by atoms with Crippen LogP contribution >= 0.6 is 11.8 Å². The Kier molecular flexibility index (Phi) is 4.63. The molecule has 0 saturated heterocycles. The fourth-order valence-electron chi connectivity index (χ4n) is 2.14. The van der Waals surface area contributed by atoms with Gasteiger partial charge < -0.3 is 0 Å². The predicted octanol–water partition coefficient (Wildman–Crippen LogP) is 3.07. The summed E-state index contributed by atoms with van der Waals surface area (Å²) in [5, 5.41) is 13.1. The van der Waals surface area contributed by atoms with Crippen LogP contribution in [0.15, 0.2) is 5.16 Å². The van der Waals surface area contributed by atoms with Crippen LogP contribution in [0.2, 0.25) is 0 Å². The molecule has 0 radical (unpaired) electrons. The molecule has 4 nitrogen and oxygen atoms in total. The Morgan fingerprint density at radius 2 is 2.12 bits per heavy atom. The van der Waals surface area contributed by atoms with Crippen molar-refractivity contribution in [2.75, 3.05) is 5.75 Å². The molecule has 1 aromatic heterocycles. The molecule has 1 aliphatic carbocycles. The van der Waals surface area contributed by atoms with Crippen molar-refractivity contribution in [3.05, 3.63) is 0 Å². The minimum atomic E-state index is 0.549. The number of thioether (sulfide) groups is 1. The quantitative estimate of drug-likeness (QED) is 0.586. The zero-order chi connectivity index (χ0) is 11.2. The number of tetrazole rings is 1. The molecule has 0 bridgehead atoms. The second kappa shape index (κ2) is 6.23. The smallest absolute Gasteiger partial charge is 0.209 e. The van der Waals surface area contributed by atoms with Gasteiger partial charge in [0.1, 0.15) is 0 Å². The highest BCUT2D eigenvalue weighted by molar-refractivity contribution is 7.99. The summed E-state index contributed by atoms with van der Waals surface area (Å²) in [5.41, 5.74) is 0. The summed E-state index contributed by atoms with van der Waals surface area (Å²) in [6.07, 6.45) is 8.98. The molecule has 0 aromatic carbocycles. The van der Waals surface area contributed by atoms with E-state index in [4.69, 9.17) is 0 Å². The van der Waals surface area contributed by atoms with Crippen molar-refractivity contribution in [2.24, 2.45) is 0 Å². The molecule has 0 aliphatic heterocycles. The Morgan fingerprint density at radius 1 is 1.31 bits per heavy atom. The van der Waals surface area contributed by atoms with Crippen LogP contribution in [0.3, 0.4) is 0 Å². The zero-order valence-electron chi connectivity index (χ0n) is 9.93. The van der Waals surface area contributed by atoms with Gasteiger partial charge in [0.25, 0.3) is 0 Å². The average Bonchev–Trinajstić information content (AvgIpc) is 2.79. The van der Waals surface area contributed by atoms with E-state index < -0.39 is 0 Å². The lowest BCUT2D eigenvalue weighted by atomic mass is 9.96. The predicted molar refractivity (Wildman–Crippen MR) is 65.6 cm³/mol. The van der Waals surface area contributed by atoms with Crippen molar-refractivity contribution in [3.8, 4) is 0 Å². The lowest BCUT2D eigenvalue weighted by Crippen LogP contribution is -2.15. The third-order valence-corrected chi connectivity index (χ3v) is 4.13. The average molecular weight is 240 g/mol. The van der Waals surface area contributed by atoms with Crippen molar-refractivity contribution in [1.29, 1.82) is 0 Å². The van der Waals surface area contributed by atoms with E-state index >= 15 is 0 Å². The molecule has 0 amide bonds. The van der Waals surface area contributed by atoms with Gasteiger partial charge in [0.2, 0.25) is 5.16 Å². The van der Waals surface area contributed by atoms with E-state index in [1.54, 1.807) is 11.8 Å². The van der Waals surface area contributed by atoms with E-state index in [1.807, 2.05) is 0 Å². The molecule has 0 N–H and O–H groups in total. The van der Waals surface area contributed by atoms with Gasteiger partial charge in [-0.15, -0.1) is 5.10 Å². The molecular formula is C11H20N4S. The van der Waals surface area contributed by atoms with Crippen LogP contribution in [0.5, 0.6) is 0 Å². The molecule has 1 aromatic rings. The van der Waals surface area contributed by atoms with Gasteiger partial charge in [-0.25, -0.2) is 4.68 Å². The maximum atomic E-state index is 4.15. The SMILES string of the molecule is CCCCSc1nnnn1C1CCCCC1. The van der Waals surface area contributed by atoms with E-state index in [9.17, 15) is 0 Å². The molecule has 2 rings (SSSR count). The molecule has 0 unspecified atom stereocenters. The Morgan fingerprint density at radius 3 is 2.88 bits per heavy atom. The van der Waals surface area contributed by atoms with E-state index in [-0.39, 0.29) is 0 Å². The molecule has 16 heavy (non-hydrogen) atoms. The second-order valence-corrected chi connectivity index (χ2v) is 5.46. The van der Waals surface area contributed by atoms with E-state index in [2.05, 4.69) is 27.1 Å². The zero-order valence-corrected chi connectivity index (χ0v) is 10.7. The molecule has 1 heterocycles. The fourth-order valence-corrected chi connectivity index (χ4v) is 3.17. The summed E-state index contributed by atoms with van der Waals surface area (Å²) in [5.74, 6) is 1.13. The molecule has 0 spiro atoms. The Labute approximate surface area is 101 Å². The molecule has 90 valence electrons. The molecule has 1 aliphatic rings. The van der Waals surface area contributed by atoms with E-state index in [0.717, 1.165) is 10.9 Å². The van der Waals surface area contributed by atoms with Crippen molar-refractivity contribution >= 4 is 11.8 Å². The van der Waals surface area contributed by atoms with E-state index in [1.165, 1.54) is 44.9 Å². The minimum Gasteiger partial charge on any atom is -0.217 e. The van der Waals surface area contributed by atoms with Crippen LogP contribution < -0.4 is 0 Å². The van der Waals surface area contributed by atoms with Crippen LogP contribution in [0.25, 0.3) is 0 Å². The summed E-state index contributed by atoms with van der Waals surface area (Å²) < 4.78 is 2.06. The number of unbranched alkanes of at least 4 members (excludes halogenated alkanes) is 1. The van der Waals surface area contributed by atoms with Crippen molar-refractivity contribution in [2.45, 2.75) is 63.1 Å². The summed E-state index contributed by atoms with van der Waals surface area (Å²) in [4.78, 5) is 0. The standard InChI is InChI=1S/C11H20N4S/c1-2-3-9-16-11-12-13-14-15(11)10-7-5-4-6-8-10/h10H,2-9H2,1H3. The highest BCUT2D eigenvalue weighted by atomic mass is 32.2. The van der Waals surface area contributed by atoms with Gasteiger partial charge in [-0.05, 0) is 29.7 Å². The molecule has 5 heteroatoms. The first-order valence-electron chi connectivity index (χ1n) is 6.32. The first kappa shape index (κ1) is 11.9. The highest BCUT2D eigenvalue weighted by Gasteiger charge is 2.19. The number of aromatic nitrogens is 4. The van der Waals surface area contributed by atoms with E-state index in [0.29, 0.717) is 6.04 Å². The number of hydrogen-bond donors (Lipinski definition) is 0. The normalized spacial score (nSPS) is 17.8. The van der Waals surface area contributed by atoms with Gasteiger partial charge >= 0.3 is 0 Å². The molecule has 1 fully saturated rings. The lowest BCUT2D eigenvalue weighted by molar-refractivity contribution is 0.307. The molecular weight excluding hydrogens is 220 g/mol. The highest BCUT2D eigenvalue weighted by Crippen LogP contribution is 2.30. The van der Waals surface area contributed by atoms with Gasteiger partial charge in [0.05, 0.1) is 6.04 Å². The van der Waals surface area contributed by atoms with Gasteiger partial charge in [0, 0.05) is 5.75 Å². The van der Waals surface area contributed by atoms with Crippen molar-refractivity contribution < 1.29 is 0 Å². The third kappa shape index (κ3) is 2.97. The maximum Gasteiger partial charge on any atom is 0.209 e. The summed E-state index contributed by atoms with van der Waals surface area (Å²) in [6, 6.07) is 0.549. The van der Waals surface area contributed by atoms with Crippen LogP contribution in [0, 0.1) is 0 Å². The van der Waals surface area contributed by atoms with Crippen molar-refractivity contribution in [1.82, 2.24) is 20.2 Å². The van der Waals surface area contributed by atoms with Gasteiger partial charge in [-0.3, -0.25) is 0 Å². The fraction of sp³-hybridized carbons (Fsp3) is 0.909. The van der Waals surface area contributed by atoms with Crippen molar-refractivity contribution in [3.63, 3.8) is 0 Å². The Bertz CT molecular complexity index is 307. The van der Waals surface area contributed by atoms with Crippen LogP contribution in [0.4, 0.5) is 0 Å². The topological polar surface area (TPSA) is 43.6 Å². The molecule has 1 saturated carbocycles. The van der Waals surface area contributed by atoms with Crippen LogP contribution in [0.1, 0.15) is 57.9 Å². The van der Waals surface area contributed by atoms with Gasteiger partial charge in [0.15, 0.2) is 0 Å². The summed E-state index contributed by atoms with van der Waals surface area (Å²) in [6.45, 7) is 2.21. The van der Waals surface area contributed by atoms with Crippen LogP contribution in [-0.4, -0.2) is 26.0 Å². The monoisotopic (exact) mass is 240 g/mol. The molecule has 0 atom stereocenters. The summed E-state index contributed by atoms with van der Waals surface area (Å²) in [7, 11) is 0. The Hall–Kier alpha value is -0.580. The number of rotatable bonds is 5. The summed E-state index contributed by atoms with van der Waals surface area (Å²) >= 11 is 1.80. The maximum absolute atomic E-state index is 4.15. The first-order valence-corrected chi connectivity index (χ1v) is 7.31. The van der Waals surface area contributed by atoms with Crippen LogP contribution in [-0.2, 0) is 0 Å². The lowest BCUT2D eigenvalue weighted by Gasteiger charge is -2.21. The largest absolute Gasteiger partial charge is 0.217 e. The minimum absolute atomic E-state index is 0.549. The van der Waals surface area contributed by atoms with Gasteiger partial charge in [-0.2, -0.15) is 0 Å². The number of hydrogen-bond acceptors (Lipinski definition) is 4.